The summed E-state index contributed by atoms with van der Waals surface area (Å²) in [6.07, 6.45) is 3.27. The molecule has 16 heavy (non-hydrogen) atoms. The van der Waals surface area contributed by atoms with Gasteiger partial charge in [0.15, 0.2) is 11.6 Å². The number of carbonyl (C=O) groups is 2. The fourth-order valence-electron chi connectivity index (χ4n) is 1.15. The van der Waals surface area contributed by atoms with Crippen LogP contribution in [0.2, 0.25) is 0 Å². The van der Waals surface area contributed by atoms with Gasteiger partial charge in [-0.1, -0.05) is 18.2 Å². The van der Waals surface area contributed by atoms with Crippen LogP contribution in [0.1, 0.15) is 20.7 Å². The van der Waals surface area contributed by atoms with E-state index in [-0.39, 0.29) is 0 Å². The molecule has 0 aromatic heterocycles. The van der Waals surface area contributed by atoms with Gasteiger partial charge in [0.05, 0.1) is 12.5 Å². The van der Waals surface area contributed by atoms with Gasteiger partial charge in [0.1, 0.15) is 0 Å². The van der Waals surface area contributed by atoms with Crippen molar-refractivity contribution in [3.05, 3.63) is 60.1 Å². The molecule has 0 amide bonds. The van der Waals surface area contributed by atoms with Crippen LogP contribution in [0.4, 0.5) is 0 Å². The molecule has 0 atom stereocenters. The molecule has 0 bridgehead atoms. The highest BCUT2D eigenvalue weighted by atomic mass is 16.2. The fourth-order valence-corrected chi connectivity index (χ4v) is 1.15. The number of carbonyl (C=O) groups excluding carboxylic acids is 2. The van der Waals surface area contributed by atoms with Crippen molar-refractivity contribution in [2.24, 2.45) is 0 Å². The van der Waals surface area contributed by atoms with Crippen molar-refractivity contribution in [1.29, 1.82) is 0 Å². The molecule has 1 aromatic rings. The molecule has 1 rings (SSSR count). The summed E-state index contributed by atoms with van der Waals surface area (Å²) in [6.45, 7) is 0. The third-order valence-corrected chi connectivity index (χ3v) is 1.88. The fraction of sp³-hybridized carbons (Fsp3) is 0. The first-order chi connectivity index (χ1) is 7.69. The lowest BCUT2D eigenvalue weighted by atomic mass is 10.0. The van der Waals surface area contributed by atoms with Gasteiger partial charge in [-0.2, -0.15) is 0 Å². The van der Waals surface area contributed by atoms with Gasteiger partial charge >= 0.3 is 0 Å². The van der Waals surface area contributed by atoms with Crippen LogP contribution in [0.5, 0.6) is 0 Å². The minimum Gasteiger partial charge on any atom is -0.515 e. The minimum absolute atomic E-state index is 0.294. The zero-order valence-electron chi connectivity index (χ0n) is 8.33. The number of aliphatic hydroxyl groups excluding tert-OH is 2. The number of hydrogen-bond acceptors (Lipinski definition) is 4. The molecule has 0 aliphatic carbocycles. The molecule has 1 aromatic carbocycles. The van der Waals surface area contributed by atoms with E-state index in [0.29, 0.717) is 23.7 Å². The van der Waals surface area contributed by atoms with Gasteiger partial charge < -0.3 is 10.2 Å². The van der Waals surface area contributed by atoms with Crippen molar-refractivity contribution in [2.75, 3.05) is 0 Å². The van der Waals surface area contributed by atoms with Crippen LogP contribution in [0.15, 0.2) is 48.9 Å². The SMILES string of the molecule is O=C(/C=C/O)c1cccc(C(=O)/C=C/O)c1. The summed E-state index contributed by atoms with van der Waals surface area (Å²) in [5.41, 5.74) is 0.588. The third-order valence-electron chi connectivity index (χ3n) is 1.88. The quantitative estimate of drug-likeness (QED) is 0.461. The smallest absolute Gasteiger partial charge is 0.188 e. The summed E-state index contributed by atoms with van der Waals surface area (Å²) in [5.74, 6) is -0.796. The number of rotatable bonds is 4. The van der Waals surface area contributed by atoms with Crippen molar-refractivity contribution in [2.45, 2.75) is 0 Å². The van der Waals surface area contributed by atoms with Crippen molar-refractivity contribution in [3.63, 3.8) is 0 Å². The largest absolute Gasteiger partial charge is 0.515 e. The summed E-state index contributed by atoms with van der Waals surface area (Å²) >= 11 is 0. The van der Waals surface area contributed by atoms with Crippen molar-refractivity contribution in [1.82, 2.24) is 0 Å². The summed E-state index contributed by atoms with van der Waals surface area (Å²) < 4.78 is 0. The molecule has 4 nitrogen and oxygen atoms in total. The monoisotopic (exact) mass is 218 g/mol. The van der Waals surface area contributed by atoms with E-state index in [2.05, 4.69) is 0 Å². The Balaban J connectivity index is 3.04. The molecule has 0 unspecified atom stereocenters. The van der Waals surface area contributed by atoms with Gasteiger partial charge in [-0.3, -0.25) is 9.59 Å². The number of benzene rings is 1. The zero-order chi connectivity index (χ0) is 12.0. The van der Waals surface area contributed by atoms with Crippen LogP contribution in [-0.4, -0.2) is 21.8 Å². The number of ketones is 2. The van der Waals surface area contributed by atoms with Crippen molar-refractivity contribution in [3.8, 4) is 0 Å². The molecule has 4 heteroatoms. The summed E-state index contributed by atoms with van der Waals surface area (Å²) in [7, 11) is 0. The molecule has 0 aliphatic heterocycles. The number of hydrogen-bond donors (Lipinski definition) is 2. The topological polar surface area (TPSA) is 74.6 Å². The van der Waals surface area contributed by atoms with E-state index < -0.39 is 11.6 Å². The molecular formula is C12H10O4. The molecule has 2 N–H and O–H groups in total. The van der Waals surface area contributed by atoms with E-state index in [1.165, 1.54) is 18.2 Å². The molecule has 0 heterocycles. The van der Waals surface area contributed by atoms with Gasteiger partial charge in [-0.25, -0.2) is 0 Å². The Kier molecular flexibility index (Phi) is 4.03. The van der Waals surface area contributed by atoms with E-state index >= 15 is 0 Å². The maximum Gasteiger partial charge on any atom is 0.188 e. The highest BCUT2D eigenvalue weighted by Gasteiger charge is 2.06. The van der Waals surface area contributed by atoms with E-state index in [0.717, 1.165) is 12.2 Å². The summed E-state index contributed by atoms with van der Waals surface area (Å²) in [4.78, 5) is 22.7. The first-order valence-electron chi connectivity index (χ1n) is 4.49. The summed E-state index contributed by atoms with van der Waals surface area (Å²) in [5, 5.41) is 16.9. The highest BCUT2D eigenvalue weighted by molar-refractivity contribution is 6.08. The normalized spacial score (nSPS) is 11.0. The van der Waals surface area contributed by atoms with Gasteiger partial charge in [0.2, 0.25) is 0 Å². The number of allylic oxidation sites excluding steroid dienone is 2. The molecule has 0 saturated carbocycles. The molecule has 82 valence electrons. The Morgan fingerprint density at radius 2 is 1.38 bits per heavy atom. The Hall–Kier alpha value is -2.36. The lowest BCUT2D eigenvalue weighted by Gasteiger charge is -1.98. The number of aliphatic hydroxyl groups is 2. The Labute approximate surface area is 92.2 Å². The predicted octanol–water partition coefficient (Wildman–Crippen LogP) is 2.20. The van der Waals surface area contributed by atoms with E-state index in [1.54, 1.807) is 6.07 Å². The average molecular weight is 218 g/mol. The standard InChI is InChI=1S/C12H10O4/c13-6-4-11(15)9-2-1-3-10(8-9)12(16)5-7-14/h1-8,13-14H/b6-4+,7-5+. The third kappa shape index (κ3) is 2.81. The highest BCUT2D eigenvalue weighted by Crippen LogP contribution is 2.08. The second-order valence-corrected chi connectivity index (χ2v) is 2.94. The minimum atomic E-state index is -0.398. The van der Waals surface area contributed by atoms with Crippen LogP contribution < -0.4 is 0 Å². The zero-order valence-corrected chi connectivity index (χ0v) is 8.33. The van der Waals surface area contributed by atoms with Gasteiger partial charge in [-0.05, 0) is 6.07 Å². The van der Waals surface area contributed by atoms with E-state index in [1.807, 2.05) is 0 Å². The summed E-state index contributed by atoms with van der Waals surface area (Å²) in [6, 6.07) is 6.01. The Morgan fingerprint density at radius 1 is 0.938 bits per heavy atom. The van der Waals surface area contributed by atoms with Crippen molar-refractivity contribution >= 4 is 11.6 Å². The van der Waals surface area contributed by atoms with Crippen LogP contribution >= 0.6 is 0 Å². The predicted molar refractivity (Wildman–Crippen MR) is 58.6 cm³/mol. The second kappa shape index (κ2) is 5.50. The van der Waals surface area contributed by atoms with Gasteiger partial charge in [0, 0.05) is 23.3 Å². The second-order valence-electron chi connectivity index (χ2n) is 2.94. The van der Waals surface area contributed by atoms with E-state index in [4.69, 9.17) is 10.2 Å². The lowest BCUT2D eigenvalue weighted by molar-refractivity contribution is 0.104. The first-order valence-corrected chi connectivity index (χ1v) is 4.49. The maximum absolute atomic E-state index is 11.4. The van der Waals surface area contributed by atoms with Gasteiger partial charge in [-0.15, -0.1) is 0 Å². The molecule has 0 radical (unpaired) electrons. The molecular weight excluding hydrogens is 208 g/mol. The molecule has 0 saturated heterocycles. The van der Waals surface area contributed by atoms with Crippen LogP contribution in [-0.2, 0) is 0 Å². The van der Waals surface area contributed by atoms with Crippen LogP contribution in [0.3, 0.4) is 0 Å². The molecule has 0 fully saturated rings. The lowest BCUT2D eigenvalue weighted by Crippen LogP contribution is -1.99. The first kappa shape index (κ1) is 11.7. The van der Waals surface area contributed by atoms with Crippen molar-refractivity contribution < 1.29 is 19.8 Å². The molecule has 0 spiro atoms. The Morgan fingerprint density at radius 3 is 1.75 bits per heavy atom. The maximum atomic E-state index is 11.4. The average Bonchev–Trinajstić information content (AvgIpc) is 2.30. The Bertz CT molecular complexity index is 419. The van der Waals surface area contributed by atoms with Gasteiger partial charge in [0.25, 0.3) is 0 Å². The van der Waals surface area contributed by atoms with E-state index in [9.17, 15) is 9.59 Å². The van der Waals surface area contributed by atoms with Crippen LogP contribution in [0.25, 0.3) is 0 Å². The molecule has 0 aliphatic rings. The van der Waals surface area contributed by atoms with Crippen LogP contribution in [0, 0.1) is 0 Å².